The van der Waals surface area contributed by atoms with Crippen LogP contribution in [0.1, 0.15) is 23.7 Å². The number of benzene rings is 1. The number of nitrogen functional groups attached to an aromatic ring is 1. The van der Waals surface area contributed by atoms with Gasteiger partial charge in [-0.2, -0.15) is 0 Å². The van der Waals surface area contributed by atoms with Crippen molar-refractivity contribution in [2.75, 3.05) is 18.8 Å². The van der Waals surface area contributed by atoms with Crippen LogP contribution >= 0.6 is 0 Å². The number of amides is 1. The molecule has 0 saturated carbocycles. The smallest absolute Gasteiger partial charge is 0.253 e. The number of carbonyl (C=O) groups excluding carboxylic acids is 1. The van der Waals surface area contributed by atoms with Gasteiger partial charge in [0, 0.05) is 24.3 Å². The molecule has 4 heteroatoms. The first-order valence-corrected chi connectivity index (χ1v) is 5.91. The van der Waals surface area contributed by atoms with Gasteiger partial charge in [0.1, 0.15) is 0 Å². The molecule has 4 nitrogen and oxygen atoms in total. The molecule has 3 N–H and O–H groups in total. The van der Waals surface area contributed by atoms with Gasteiger partial charge >= 0.3 is 0 Å². The zero-order chi connectivity index (χ0) is 12.4. The van der Waals surface area contributed by atoms with Gasteiger partial charge in [0.15, 0.2) is 0 Å². The number of nitrogens with zero attached hydrogens (tertiary/aromatic N) is 1. The van der Waals surface area contributed by atoms with Crippen LogP contribution in [0.15, 0.2) is 24.3 Å². The summed E-state index contributed by atoms with van der Waals surface area (Å²) in [6.07, 6.45) is 0.434. The number of hydrogen-bond donors (Lipinski definition) is 2. The Hall–Kier alpha value is -1.55. The van der Waals surface area contributed by atoms with Crippen molar-refractivity contribution in [3.63, 3.8) is 0 Å². The third-order valence-electron chi connectivity index (χ3n) is 3.36. The number of rotatable bonds is 1. The number of aliphatic hydroxyl groups is 1. The summed E-state index contributed by atoms with van der Waals surface area (Å²) in [7, 11) is 0. The number of piperidine rings is 1. The van der Waals surface area contributed by atoms with E-state index in [1.165, 1.54) is 0 Å². The maximum absolute atomic E-state index is 12.1. The predicted octanol–water partition coefficient (Wildman–Crippen LogP) is 1.11. The fourth-order valence-electron chi connectivity index (χ4n) is 2.04. The molecule has 0 spiro atoms. The lowest BCUT2D eigenvalue weighted by Crippen LogP contribution is -2.45. The van der Waals surface area contributed by atoms with E-state index in [9.17, 15) is 9.90 Å². The van der Waals surface area contributed by atoms with Crippen LogP contribution in [-0.2, 0) is 0 Å². The van der Waals surface area contributed by atoms with E-state index < -0.39 is 6.10 Å². The Morgan fingerprint density at radius 2 is 2.06 bits per heavy atom. The SMILES string of the molecule is CC1CCN(C(=O)c2ccc(N)cc2)CC1O. The second-order valence-corrected chi connectivity index (χ2v) is 4.71. The van der Waals surface area contributed by atoms with Crippen LogP contribution in [0, 0.1) is 5.92 Å². The van der Waals surface area contributed by atoms with Crippen LogP contribution in [0.3, 0.4) is 0 Å². The van der Waals surface area contributed by atoms with E-state index in [1.807, 2.05) is 6.92 Å². The molecule has 17 heavy (non-hydrogen) atoms. The quantitative estimate of drug-likeness (QED) is 0.715. The molecule has 0 aliphatic carbocycles. The van der Waals surface area contributed by atoms with Crippen molar-refractivity contribution in [2.45, 2.75) is 19.4 Å². The van der Waals surface area contributed by atoms with E-state index in [0.29, 0.717) is 24.3 Å². The summed E-state index contributed by atoms with van der Waals surface area (Å²) < 4.78 is 0. The number of carbonyl (C=O) groups is 1. The standard InChI is InChI=1S/C13H18N2O2/c1-9-6-7-15(8-12(9)16)13(17)10-2-4-11(14)5-3-10/h2-5,9,12,16H,6-8,14H2,1H3. The first kappa shape index (κ1) is 11.9. The highest BCUT2D eigenvalue weighted by molar-refractivity contribution is 5.94. The second-order valence-electron chi connectivity index (χ2n) is 4.71. The van der Waals surface area contributed by atoms with Gasteiger partial charge in [-0.3, -0.25) is 4.79 Å². The molecule has 1 saturated heterocycles. The Bertz CT molecular complexity index is 402. The maximum atomic E-state index is 12.1. The number of anilines is 1. The fraction of sp³-hybridized carbons (Fsp3) is 0.462. The molecule has 0 aromatic heterocycles. The highest BCUT2D eigenvalue weighted by Gasteiger charge is 2.27. The minimum absolute atomic E-state index is 0.0315. The van der Waals surface area contributed by atoms with Gasteiger partial charge < -0.3 is 15.7 Å². The Balaban J connectivity index is 2.08. The lowest BCUT2D eigenvalue weighted by atomic mass is 9.95. The first-order chi connectivity index (χ1) is 8.08. The van der Waals surface area contributed by atoms with Crippen molar-refractivity contribution in [1.29, 1.82) is 0 Å². The van der Waals surface area contributed by atoms with E-state index in [4.69, 9.17) is 5.73 Å². The largest absolute Gasteiger partial charge is 0.399 e. The van der Waals surface area contributed by atoms with Crippen LogP contribution in [0.2, 0.25) is 0 Å². The number of β-amino-alcohol motifs (C(OH)–C–C–N with tert-alkyl or cyclic N) is 1. The molecule has 1 fully saturated rings. The van der Waals surface area contributed by atoms with Gasteiger partial charge in [0.25, 0.3) is 5.91 Å². The molecule has 2 rings (SSSR count). The third kappa shape index (κ3) is 2.58. The second kappa shape index (κ2) is 4.75. The highest BCUT2D eigenvalue weighted by Crippen LogP contribution is 2.19. The Morgan fingerprint density at radius 1 is 1.41 bits per heavy atom. The van der Waals surface area contributed by atoms with Crippen LogP contribution in [0.25, 0.3) is 0 Å². The molecule has 1 aliphatic heterocycles. The molecular weight excluding hydrogens is 216 g/mol. The Labute approximate surface area is 101 Å². The van der Waals surface area contributed by atoms with Crippen molar-refractivity contribution < 1.29 is 9.90 Å². The zero-order valence-corrected chi connectivity index (χ0v) is 9.97. The van der Waals surface area contributed by atoms with E-state index in [2.05, 4.69) is 0 Å². The number of nitrogens with two attached hydrogens (primary N) is 1. The maximum Gasteiger partial charge on any atom is 0.253 e. The van der Waals surface area contributed by atoms with Crippen molar-refractivity contribution in [3.8, 4) is 0 Å². The topological polar surface area (TPSA) is 66.6 Å². The van der Waals surface area contributed by atoms with Crippen molar-refractivity contribution >= 4 is 11.6 Å². The number of aliphatic hydroxyl groups excluding tert-OH is 1. The molecule has 0 bridgehead atoms. The highest BCUT2D eigenvalue weighted by atomic mass is 16.3. The summed E-state index contributed by atoms with van der Waals surface area (Å²) in [5, 5.41) is 9.77. The summed E-state index contributed by atoms with van der Waals surface area (Å²) in [6.45, 7) is 3.14. The fourth-order valence-corrected chi connectivity index (χ4v) is 2.04. The van der Waals surface area contributed by atoms with Crippen molar-refractivity contribution in [3.05, 3.63) is 29.8 Å². The molecule has 1 amide bonds. The molecule has 2 unspecified atom stereocenters. The van der Waals surface area contributed by atoms with Gasteiger partial charge in [-0.05, 0) is 36.6 Å². The summed E-state index contributed by atoms with van der Waals surface area (Å²) in [5.74, 6) is 0.237. The summed E-state index contributed by atoms with van der Waals surface area (Å²) in [5.41, 5.74) is 6.85. The predicted molar refractivity (Wildman–Crippen MR) is 66.5 cm³/mol. The monoisotopic (exact) mass is 234 g/mol. The Morgan fingerprint density at radius 3 is 2.65 bits per heavy atom. The van der Waals surface area contributed by atoms with Crippen LogP contribution in [0.5, 0.6) is 0 Å². The van der Waals surface area contributed by atoms with Crippen LogP contribution < -0.4 is 5.73 Å². The summed E-state index contributed by atoms with van der Waals surface area (Å²) in [6, 6.07) is 6.89. The van der Waals surface area contributed by atoms with Crippen LogP contribution in [-0.4, -0.2) is 35.1 Å². The number of hydrogen-bond acceptors (Lipinski definition) is 3. The zero-order valence-electron chi connectivity index (χ0n) is 9.97. The molecule has 1 aliphatic rings. The van der Waals surface area contributed by atoms with Gasteiger partial charge in [-0.25, -0.2) is 0 Å². The molecule has 2 atom stereocenters. The van der Waals surface area contributed by atoms with E-state index in [1.54, 1.807) is 29.2 Å². The van der Waals surface area contributed by atoms with E-state index in [-0.39, 0.29) is 11.8 Å². The molecular formula is C13H18N2O2. The molecule has 0 radical (unpaired) electrons. The normalized spacial score (nSPS) is 24.7. The van der Waals surface area contributed by atoms with Crippen molar-refractivity contribution in [1.82, 2.24) is 4.90 Å². The van der Waals surface area contributed by atoms with Crippen LogP contribution in [0.4, 0.5) is 5.69 Å². The minimum Gasteiger partial charge on any atom is -0.399 e. The van der Waals surface area contributed by atoms with Crippen molar-refractivity contribution in [2.24, 2.45) is 5.92 Å². The molecule has 92 valence electrons. The Kier molecular flexibility index (Phi) is 3.33. The summed E-state index contributed by atoms with van der Waals surface area (Å²) >= 11 is 0. The minimum atomic E-state index is -0.415. The molecule has 1 aromatic rings. The van der Waals surface area contributed by atoms with Gasteiger partial charge in [-0.15, -0.1) is 0 Å². The van der Waals surface area contributed by atoms with Gasteiger partial charge in [0.2, 0.25) is 0 Å². The average Bonchev–Trinajstić information content (AvgIpc) is 2.33. The third-order valence-corrected chi connectivity index (χ3v) is 3.36. The lowest BCUT2D eigenvalue weighted by Gasteiger charge is -2.34. The summed E-state index contributed by atoms with van der Waals surface area (Å²) in [4.78, 5) is 13.8. The van der Waals surface area contributed by atoms with E-state index >= 15 is 0 Å². The molecule has 1 aromatic carbocycles. The van der Waals surface area contributed by atoms with Gasteiger partial charge in [0.05, 0.1) is 6.10 Å². The number of likely N-dealkylation sites (tertiary alicyclic amines) is 1. The van der Waals surface area contributed by atoms with Gasteiger partial charge in [-0.1, -0.05) is 6.92 Å². The lowest BCUT2D eigenvalue weighted by molar-refractivity contribution is 0.0248. The average molecular weight is 234 g/mol. The molecule has 1 heterocycles. The van der Waals surface area contributed by atoms with E-state index in [0.717, 1.165) is 6.42 Å². The first-order valence-electron chi connectivity index (χ1n) is 5.91.